The first-order chi connectivity index (χ1) is 7.94. The molecule has 0 fully saturated rings. The third-order valence-corrected chi connectivity index (χ3v) is 2.69. The van der Waals surface area contributed by atoms with Crippen molar-refractivity contribution in [2.75, 3.05) is 0 Å². The third-order valence-electron chi connectivity index (χ3n) is 2.07. The largest absolute Gasteiger partial charge is 0.417 e. The number of benzene rings is 1. The molecule has 0 N–H and O–H groups in total. The van der Waals surface area contributed by atoms with Gasteiger partial charge in [0, 0.05) is 9.13 Å². The molecule has 8 heteroatoms. The number of carbonyl (C=O) groups is 1. The maximum Gasteiger partial charge on any atom is 0.417 e. The fourth-order valence-corrected chi connectivity index (χ4v) is 2.04. The molecule has 0 aromatic heterocycles. The van der Waals surface area contributed by atoms with Crippen LogP contribution in [0.15, 0.2) is 12.1 Å². The van der Waals surface area contributed by atoms with Crippen LogP contribution in [0.3, 0.4) is 0 Å². The van der Waals surface area contributed by atoms with Crippen molar-refractivity contribution in [3.63, 3.8) is 0 Å². The molecule has 100 valence electrons. The van der Waals surface area contributed by atoms with E-state index in [2.05, 4.69) is 0 Å². The summed E-state index contributed by atoms with van der Waals surface area (Å²) < 4.78 is 75.7. The van der Waals surface area contributed by atoms with E-state index in [1.807, 2.05) is 0 Å². The number of rotatable bonds is 1. The first-order valence-corrected chi connectivity index (χ1v) is 5.51. The van der Waals surface area contributed by atoms with Gasteiger partial charge in [-0.15, -0.1) is 0 Å². The zero-order chi connectivity index (χ0) is 14.3. The van der Waals surface area contributed by atoms with Crippen LogP contribution in [0.1, 0.15) is 28.4 Å². The highest BCUT2D eigenvalue weighted by molar-refractivity contribution is 14.1. The highest BCUT2D eigenvalue weighted by Crippen LogP contribution is 2.42. The van der Waals surface area contributed by atoms with Crippen molar-refractivity contribution in [2.45, 2.75) is 19.3 Å². The van der Waals surface area contributed by atoms with E-state index in [0.29, 0.717) is 6.07 Å². The summed E-state index contributed by atoms with van der Waals surface area (Å²) in [4.78, 5) is 11.1. The van der Waals surface area contributed by atoms with Crippen molar-refractivity contribution in [1.82, 2.24) is 0 Å². The van der Waals surface area contributed by atoms with Crippen LogP contribution in [0.4, 0.5) is 26.3 Å². The van der Waals surface area contributed by atoms with E-state index in [1.54, 1.807) is 0 Å². The van der Waals surface area contributed by atoms with Crippen molar-refractivity contribution in [3.05, 3.63) is 32.4 Å². The molecule has 0 aliphatic rings. The summed E-state index contributed by atoms with van der Waals surface area (Å²) in [6.07, 6.45) is -10.4. The van der Waals surface area contributed by atoms with Gasteiger partial charge in [0.25, 0.3) is 0 Å². The van der Waals surface area contributed by atoms with Gasteiger partial charge in [-0.05, 0) is 41.6 Å². The Morgan fingerprint density at radius 3 is 1.89 bits per heavy atom. The van der Waals surface area contributed by atoms with Crippen LogP contribution in [0, 0.1) is 3.57 Å². The average Bonchev–Trinajstić information content (AvgIpc) is 2.12. The predicted octanol–water partition coefficient (Wildman–Crippen LogP) is 4.53. The molecule has 1 nitrogen and oxygen atoms in total. The summed E-state index contributed by atoms with van der Waals surface area (Å²) in [5, 5.41) is 0. The zero-order valence-electron chi connectivity index (χ0n) is 8.71. The van der Waals surface area contributed by atoms with Crippen LogP contribution in [-0.2, 0) is 12.4 Å². The Labute approximate surface area is 111 Å². The van der Waals surface area contributed by atoms with Crippen molar-refractivity contribution in [1.29, 1.82) is 0 Å². The molecule has 1 aromatic rings. The van der Waals surface area contributed by atoms with Gasteiger partial charge in [0.05, 0.1) is 11.1 Å². The fourth-order valence-electron chi connectivity index (χ4n) is 1.41. The number of halogens is 7. The minimum absolute atomic E-state index is 0.0851. The predicted molar refractivity (Wildman–Crippen MR) is 59.2 cm³/mol. The highest BCUT2D eigenvalue weighted by Gasteiger charge is 2.45. The van der Waals surface area contributed by atoms with E-state index in [9.17, 15) is 31.1 Å². The van der Waals surface area contributed by atoms with Crippen molar-refractivity contribution in [3.8, 4) is 0 Å². The molecule has 18 heavy (non-hydrogen) atoms. The minimum atomic E-state index is -5.24. The Hall–Kier alpha value is -0.800. The second-order valence-corrected chi connectivity index (χ2v) is 4.67. The molecule has 1 rings (SSSR count). The normalized spacial score (nSPS) is 12.7. The maximum atomic E-state index is 12.7. The number of carbonyl (C=O) groups excluding carboxylic acids is 1. The molecule has 0 radical (unpaired) electrons. The maximum absolute atomic E-state index is 12.7. The smallest absolute Gasteiger partial charge is 0.294 e. The molecule has 0 saturated carbocycles. The molecular formula is C10H5F6IO. The van der Waals surface area contributed by atoms with Crippen LogP contribution >= 0.6 is 22.6 Å². The van der Waals surface area contributed by atoms with E-state index in [1.165, 1.54) is 22.6 Å². The molecule has 0 aliphatic carbocycles. The Bertz CT molecular complexity index is 488. The molecule has 0 saturated heterocycles. The number of alkyl halides is 6. The SMILES string of the molecule is CC(=O)c1cc(I)cc(C(F)(F)F)c1C(F)(F)F. The Kier molecular flexibility index (Phi) is 3.99. The minimum Gasteiger partial charge on any atom is -0.294 e. The van der Waals surface area contributed by atoms with Gasteiger partial charge in [-0.3, -0.25) is 4.79 Å². The summed E-state index contributed by atoms with van der Waals surface area (Å²) >= 11 is 1.43. The number of hydrogen-bond acceptors (Lipinski definition) is 1. The van der Waals surface area contributed by atoms with Gasteiger partial charge in [-0.25, -0.2) is 0 Å². The third kappa shape index (κ3) is 3.15. The van der Waals surface area contributed by atoms with E-state index < -0.39 is 34.8 Å². The number of Topliss-reactive ketones (excluding diaryl/α,β-unsaturated/α-hetero) is 1. The lowest BCUT2D eigenvalue weighted by atomic mass is 9.97. The van der Waals surface area contributed by atoms with Gasteiger partial charge in [0.2, 0.25) is 0 Å². The molecule has 0 spiro atoms. The van der Waals surface area contributed by atoms with Gasteiger partial charge in [-0.1, -0.05) is 0 Å². The van der Waals surface area contributed by atoms with Crippen LogP contribution < -0.4 is 0 Å². The molecule has 0 atom stereocenters. The van der Waals surface area contributed by atoms with Gasteiger partial charge in [0.15, 0.2) is 5.78 Å². The summed E-state index contributed by atoms with van der Waals surface area (Å²) in [5.41, 5.74) is -4.74. The average molecular weight is 382 g/mol. The van der Waals surface area contributed by atoms with E-state index >= 15 is 0 Å². The second-order valence-electron chi connectivity index (χ2n) is 3.43. The number of ketones is 1. The molecule has 0 bridgehead atoms. The zero-order valence-corrected chi connectivity index (χ0v) is 10.9. The molecule has 0 amide bonds. The fraction of sp³-hybridized carbons (Fsp3) is 0.300. The first-order valence-electron chi connectivity index (χ1n) is 4.43. The lowest BCUT2D eigenvalue weighted by Crippen LogP contribution is -2.20. The highest BCUT2D eigenvalue weighted by atomic mass is 127. The van der Waals surface area contributed by atoms with Gasteiger partial charge < -0.3 is 0 Å². The van der Waals surface area contributed by atoms with Crippen LogP contribution in [0.2, 0.25) is 0 Å². The Morgan fingerprint density at radius 2 is 1.56 bits per heavy atom. The Balaban J connectivity index is 3.76. The molecule has 0 unspecified atom stereocenters. The lowest BCUT2D eigenvalue weighted by Gasteiger charge is -2.18. The lowest BCUT2D eigenvalue weighted by molar-refractivity contribution is -0.162. The summed E-state index contributed by atoms with van der Waals surface area (Å²) in [6, 6.07) is 1.16. The summed E-state index contributed by atoms with van der Waals surface area (Å²) in [5.74, 6) is -1.06. The van der Waals surface area contributed by atoms with Gasteiger partial charge >= 0.3 is 12.4 Å². The van der Waals surface area contributed by atoms with E-state index in [-0.39, 0.29) is 3.57 Å². The van der Waals surface area contributed by atoms with E-state index in [4.69, 9.17) is 0 Å². The molecule has 0 heterocycles. The quantitative estimate of drug-likeness (QED) is 0.396. The van der Waals surface area contributed by atoms with Crippen LogP contribution in [0.5, 0.6) is 0 Å². The van der Waals surface area contributed by atoms with E-state index in [0.717, 1.165) is 13.0 Å². The first kappa shape index (κ1) is 15.3. The second kappa shape index (κ2) is 4.71. The standard InChI is InChI=1S/C10H5F6IO/c1-4(18)6-2-5(17)3-7(9(11,12)13)8(6)10(14,15)16/h2-3H,1H3. The van der Waals surface area contributed by atoms with Crippen molar-refractivity contribution < 1.29 is 31.1 Å². The molecule has 0 aliphatic heterocycles. The van der Waals surface area contributed by atoms with Crippen LogP contribution in [-0.4, -0.2) is 5.78 Å². The monoisotopic (exact) mass is 382 g/mol. The molecular weight excluding hydrogens is 377 g/mol. The van der Waals surface area contributed by atoms with Crippen molar-refractivity contribution >= 4 is 28.4 Å². The van der Waals surface area contributed by atoms with Gasteiger partial charge in [-0.2, -0.15) is 26.3 Å². The Morgan fingerprint density at radius 1 is 1.06 bits per heavy atom. The summed E-state index contributed by atoms with van der Waals surface area (Å²) in [6.45, 7) is 0.792. The van der Waals surface area contributed by atoms with Crippen molar-refractivity contribution in [2.24, 2.45) is 0 Å². The van der Waals surface area contributed by atoms with Gasteiger partial charge in [0.1, 0.15) is 0 Å². The summed E-state index contributed by atoms with van der Waals surface area (Å²) in [7, 11) is 0. The molecule has 1 aromatic carbocycles. The van der Waals surface area contributed by atoms with Crippen LogP contribution in [0.25, 0.3) is 0 Å². The topological polar surface area (TPSA) is 17.1 Å². The number of hydrogen-bond donors (Lipinski definition) is 0.